The third-order valence-electron chi connectivity index (χ3n) is 3.38. The standard InChI is InChI=1S/C14H16F4N2O4/c1-13(2,12(22)23)20(3)10(21)8-4-5-9(19-6-8)24-7-14(17,18)11(15)16/h4-6,11H,7H2,1-3H3,(H,22,23). The number of halogens is 4. The number of nitrogens with zero attached hydrogens (tertiary/aromatic N) is 2. The van der Waals surface area contributed by atoms with Gasteiger partial charge in [-0.3, -0.25) is 4.79 Å². The second-order valence-electron chi connectivity index (χ2n) is 5.46. The topological polar surface area (TPSA) is 79.7 Å². The summed E-state index contributed by atoms with van der Waals surface area (Å²) in [6, 6.07) is 2.22. The summed E-state index contributed by atoms with van der Waals surface area (Å²) in [4.78, 5) is 27.8. The van der Waals surface area contributed by atoms with Gasteiger partial charge in [0, 0.05) is 19.3 Å². The largest absolute Gasteiger partial charge is 0.480 e. The van der Waals surface area contributed by atoms with Crippen molar-refractivity contribution in [3.05, 3.63) is 23.9 Å². The van der Waals surface area contributed by atoms with Crippen LogP contribution in [0.2, 0.25) is 0 Å². The van der Waals surface area contributed by atoms with Crippen LogP contribution in [0.5, 0.6) is 5.88 Å². The van der Waals surface area contributed by atoms with Gasteiger partial charge in [-0.2, -0.15) is 8.78 Å². The molecule has 1 aromatic heterocycles. The Morgan fingerprint density at radius 3 is 2.33 bits per heavy atom. The lowest BCUT2D eigenvalue weighted by Gasteiger charge is -2.31. The van der Waals surface area contributed by atoms with E-state index in [1.165, 1.54) is 27.0 Å². The first-order valence-corrected chi connectivity index (χ1v) is 6.66. The number of carbonyl (C=O) groups excluding carboxylic acids is 1. The second-order valence-corrected chi connectivity index (χ2v) is 5.46. The van der Waals surface area contributed by atoms with Crippen molar-refractivity contribution < 1.29 is 37.0 Å². The third-order valence-corrected chi connectivity index (χ3v) is 3.38. The summed E-state index contributed by atoms with van der Waals surface area (Å²) in [5.41, 5.74) is -1.49. The van der Waals surface area contributed by atoms with Crippen LogP contribution in [0, 0.1) is 0 Å². The fourth-order valence-electron chi connectivity index (χ4n) is 1.42. The van der Waals surface area contributed by atoms with Crippen LogP contribution < -0.4 is 4.74 Å². The van der Waals surface area contributed by atoms with Crippen molar-refractivity contribution in [3.8, 4) is 5.88 Å². The number of hydrogen-bond acceptors (Lipinski definition) is 4. The Morgan fingerprint density at radius 2 is 1.92 bits per heavy atom. The molecular weight excluding hydrogens is 336 g/mol. The molecule has 0 aliphatic rings. The number of ether oxygens (including phenoxy) is 1. The van der Waals surface area contributed by atoms with Crippen LogP contribution in [0.4, 0.5) is 17.6 Å². The monoisotopic (exact) mass is 352 g/mol. The lowest BCUT2D eigenvalue weighted by molar-refractivity contribution is -0.148. The summed E-state index contributed by atoms with van der Waals surface area (Å²) in [5.74, 6) is -6.58. The Kier molecular flexibility index (Phi) is 5.75. The molecule has 0 fully saturated rings. The van der Waals surface area contributed by atoms with Gasteiger partial charge in [0.15, 0.2) is 6.61 Å². The van der Waals surface area contributed by atoms with E-state index in [2.05, 4.69) is 9.72 Å². The first-order chi connectivity index (χ1) is 10.9. The van der Waals surface area contributed by atoms with Crippen molar-refractivity contribution in [3.63, 3.8) is 0 Å². The van der Waals surface area contributed by atoms with E-state index >= 15 is 0 Å². The molecular formula is C14H16F4N2O4. The molecule has 1 rings (SSSR count). The lowest BCUT2D eigenvalue weighted by Crippen LogP contribution is -2.50. The van der Waals surface area contributed by atoms with Gasteiger partial charge in [-0.25, -0.2) is 18.6 Å². The van der Waals surface area contributed by atoms with Crippen molar-refractivity contribution in [2.24, 2.45) is 0 Å². The molecule has 0 spiro atoms. The van der Waals surface area contributed by atoms with Crippen LogP contribution in [0.15, 0.2) is 18.3 Å². The maximum absolute atomic E-state index is 12.7. The number of pyridine rings is 1. The zero-order chi connectivity index (χ0) is 18.7. The Balaban J connectivity index is 2.81. The van der Waals surface area contributed by atoms with E-state index in [1.54, 1.807) is 0 Å². The molecule has 1 N–H and O–H groups in total. The predicted octanol–water partition coefficient (Wildman–Crippen LogP) is 2.30. The Bertz CT molecular complexity index is 605. The van der Waals surface area contributed by atoms with Crippen molar-refractivity contribution in [1.29, 1.82) is 0 Å². The molecule has 24 heavy (non-hydrogen) atoms. The minimum Gasteiger partial charge on any atom is -0.480 e. The summed E-state index contributed by atoms with van der Waals surface area (Å²) in [6.45, 7) is 1.09. The minimum absolute atomic E-state index is 0.0141. The molecule has 0 aromatic carbocycles. The van der Waals surface area contributed by atoms with Gasteiger partial charge in [0.05, 0.1) is 5.56 Å². The maximum Gasteiger partial charge on any atom is 0.340 e. The van der Waals surface area contributed by atoms with E-state index in [9.17, 15) is 27.2 Å². The summed E-state index contributed by atoms with van der Waals surface area (Å²) in [7, 11) is 1.28. The number of rotatable bonds is 7. The zero-order valence-electron chi connectivity index (χ0n) is 13.1. The van der Waals surface area contributed by atoms with Crippen molar-refractivity contribution in [1.82, 2.24) is 9.88 Å². The summed E-state index contributed by atoms with van der Waals surface area (Å²) in [6.07, 6.45) is -2.89. The Hall–Kier alpha value is -2.39. The first kappa shape index (κ1) is 19.7. The lowest BCUT2D eigenvalue weighted by atomic mass is 10.0. The average molecular weight is 352 g/mol. The molecule has 0 saturated heterocycles. The van der Waals surface area contributed by atoms with Crippen LogP contribution in [0.1, 0.15) is 24.2 Å². The van der Waals surface area contributed by atoms with E-state index in [0.717, 1.165) is 17.2 Å². The van der Waals surface area contributed by atoms with Crippen molar-refractivity contribution in [2.45, 2.75) is 31.7 Å². The molecule has 0 atom stereocenters. The smallest absolute Gasteiger partial charge is 0.340 e. The molecule has 1 amide bonds. The van der Waals surface area contributed by atoms with E-state index in [0.29, 0.717) is 0 Å². The van der Waals surface area contributed by atoms with E-state index < -0.39 is 36.4 Å². The second kappa shape index (κ2) is 7.02. The SMILES string of the molecule is CN(C(=O)c1ccc(OCC(F)(F)C(F)F)nc1)C(C)(C)C(=O)O. The Morgan fingerprint density at radius 1 is 1.33 bits per heavy atom. The van der Waals surface area contributed by atoms with E-state index in [-0.39, 0.29) is 11.4 Å². The first-order valence-electron chi connectivity index (χ1n) is 6.66. The molecule has 0 bridgehead atoms. The molecule has 0 aliphatic heterocycles. The summed E-state index contributed by atoms with van der Waals surface area (Å²) >= 11 is 0. The third kappa shape index (κ3) is 4.33. The molecule has 1 aromatic rings. The number of amides is 1. The van der Waals surface area contributed by atoms with Crippen LogP contribution in [0.25, 0.3) is 0 Å². The average Bonchev–Trinajstić information content (AvgIpc) is 2.51. The molecule has 6 nitrogen and oxygen atoms in total. The quantitative estimate of drug-likeness (QED) is 0.762. The number of carboxylic acids is 1. The van der Waals surface area contributed by atoms with E-state index in [4.69, 9.17) is 5.11 Å². The van der Waals surface area contributed by atoms with Gasteiger partial charge in [-0.15, -0.1) is 0 Å². The van der Waals surface area contributed by atoms with Gasteiger partial charge in [0.2, 0.25) is 5.88 Å². The van der Waals surface area contributed by atoms with Gasteiger partial charge >= 0.3 is 18.3 Å². The number of hydrogen-bond donors (Lipinski definition) is 1. The molecule has 134 valence electrons. The number of carbonyl (C=O) groups is 2. The highest BCUT2D eigenvalue weighted by atomic mass is 19.3. The number of aliphatic carboxylic acids is 1. The van der Waals surface area contributed by atoms with Gasteiger partial charge < -0.3 is 14.7 Å². The fraction of sp³-hybridized carbons (Fsp3) is 0.500. The van der Waals surface area contributed by atoms with Crippen LogP contribution in [-0.4, -0.2) is 58.4 Å². The predicted molar refractivity (Wildman–Crippen MR) is 74.5 cm³/mol. The summed E-state index contributed by atoms with van der Waals surface area (Å²) < 4.78 is 53.9. The molecule has 0 aliphatic carbocycles. The summed E-state index contributed by atoms with van der Waals surface area (Å²) in [5, 5.41) is 9.08. The van der Waals surface area contributed by atoms with Gasteiger partial charge in [0.25, 0.3) is 5.91 Å². The number of likely N-dealkylation sites (N-methyl/N-ethyl adjacent to an activating group) is 1. The van der Waals surface area contributed by atoms with Gasteiger partial charge in [-0.05, 0) is 19.9 Å². The minimum atomic E-state index is -4.32. The normalized spacial score (nSPS) is 12.2. The molecule has 10 heteroatoms. The molecule has 1 heterocycles. The van der Waals surface area contributed by atoms with Crippen LogP contribution in [-0.2, 0) is 4.79 Å². The highest BCUT2D eigenvalue weighted by Crippen LogP contribution is 2.24. The van der Waals surface area contributed by atoms with Crippen LogP contribution in [0.3, 0.4) is 0 Å². The maximum atomic E-state index is 12.7. The molecule has 0 saturated carbocycles. The highest BCUT2D eigenvalue weighted by Gasteiger charge is 2.42. The highest BCUT2D eigenvalue weighted by molar-refractivity contribution is 5.97. The molecule has 0 radical (unpaired) electrons. The number of carboxylic acid groups (broad SMARTS) is 1. The van der Waals surface area contributed by atoms with Gasteiger partial charge in [0.1, 0.15) is 5.54 Å². The van der Waals surface area contributed by atoms with E-state index in [1.807, 2.05) is 0 Å². The molecule has 0 unspecified atom stereocenters. The van der Waals surface area contributed by atoms with Crippen molar-refractivity contribution in [2.75, 3.05) is 13.7 Å². The van der Waals surface area contributed by atoms with Crippen LogP contribution >= 0.6 is 0 Å². The number of aromatic nitrogens is 1. The Labute approximate surface area is 135 Å². The van der Waals surface area contributed by atoms with Crippen molar-refractivity contribution >= 4 is 11.9 Å². The van der Waals surface area contributed by atoms with Gasteiger partial charge in [-0.1, -0.05) is 0 Å². The number of alkyl halides is 4. The fourth-order valence-corrected chi connectivity index (χ4v) is 1.42. The zero-order valence-corrected chi connectivity index (χ0v) is 13.1.